The van der Waals surface area contributed by atoms with E-state index in [2.05, 4.69) is 55.7 Å². The van der Waals surface area contributed by atoms with Crippen LogP contribution in [0.15, 0.2) is 61.2 Å². The molecule has 2 amide bonds. The van der Waals surface area contributed by atoms with Gasteiger partial charge in [-0.1, -0.05) is 30.3 Å². The van der Waals surface area contributed by atoms with Crippen molar-refractivity contribution in [2.24, 2.45) is 0 Å². The highest BCUT2D eigenvalue weighted by molar-refractivity contribution is 5.87. The normalized spacial score (nSPS) is 12.0. The van der Waals surface area contributed by atoms with E-state index >= 15 is 0 Å². The van der Waals surface area contributed by atoms with Gasteiger partial charge in [-0.3, -0.25) is 15.3 Å². The summed E-state index contributed by atoms with van der Waals surface area (Å²) >= 11 is 0. The third-order valence-electron chi connectivity index (χ3n) is 6.28. The molecule has 0 fully saturated rings. The minimum absolute atomic E-state index is 0.00338. The minimum Gasteiger partial charge on any atom is -0.331 e. The molecule has 1 atom stereocenters. The zero-order chi connectivity index (χ0) is 24.6. The summed E-state index contributed by atoms with van der Waals surface area (Å²) in [6.45, 7) is 5.66. The number of nitrogens with zero attached hydrogens (tertiary/aromatic N) is 4. The average molecular weight is 472 g/mol. The molecule has 0 spiro atoms. The van der Waals surface area contributed by atoms with Gasteiger partial charge in [0.05, 0.1) is 5.69 Å². The zero-order valence-corrected chi connectivity index (χ0v) is 20.6. The number of likely N-dealkylation sites (N-methyl/N-ethyl adjacent to an activating group) is 1. The smallest absolute Gasteiger partial charge is 0.324 e. The molecule has 35 heavy (non-hydrogen) atoms. The number of amides is 2. The van der Waals surface area contributed by atoms with Gasteiger partial charge in [0.15, 0.2) is 0 Å². The number of hydrogen-bond acceptors (Lipinski definition) is 5. The molecular weight excluding hydrogens is 438 g/mol. The summed E-state index contributed by atoms with van der Waals surface area (Å²) in [5.41, 5.74) is 4.35. The Morgan fingerprint density at radius 3 is 2.74 bits per heavy atom. The lowest BCUT2D eigenvalue weighted by molar-refractivity contribution is 0.198. The van der Waals surface area contributed by atoms with Crippen molar-refractivity contribution < 1.29 is 4.79 Å². The summed E-state index contributed by atoms with van der Waals surface area (Å²) in [6, 6.07) is 12.3. The predicted molar refractivity (Wildman–Crippen MR) is 139 cm³/mol. The Bertz CT molecular complexity index is 1250. The number of aromatic amines is 1. The number of pyridine rings is 2. The van der Waals surface area contributed by atoms with E-state index in [0.29, 0.717) is 18.9 Å². The maximum Gasteiger partial charge on any atom is 0.324 e. The topological polar surface area (TPSA) is 98.8 Å². The van der Waals surface area contributed by atoms with Gasteiger partial charge in [0.2, 0.25) is 5.95 Å². The lowest BCUT2D eigenvalue weighted by Gasteiger charge is -2.28. The largest absolute Gasteiger partial charge is 0.331 e. The molecule has 3 aromatic heterocycles. The van der Waals surface area contributed by atoms with Crippen molar-refractivity contribution in [2.45, 2.75) is 45.7 Å². The Labute approximate surface area is 206 Å². The number of urea groups is 1. The van der Waals surface area contributed by atoms with Crippen molar-refractivity contribution in [3.63, 3.8) is 0 Å². The number of nitrogens with one attached hydrogen (secondary N) is 3. The van der Waals surface area contributed by atoms with E-state index < -0.39 is 0 Å². The van der Waals surface area contributed by atoms with Crippen LogP contribution in [0.3, 0.4) is 0 Å². The van der Waals surface area contributed by atoms with Crippen LogP contribution in [0.2, 0.25) is 0 Å². The Morgan fingerprint density at radius 2 is 1.94 bits per heavy atom. The van der Waals surface area contributed by atoms with Crippen molar-refractivity contribution in [1.29, 1.82) is 0 Å². The number of carbonyl (C=O) groups excluding carboxylic acids is 1. The molecule has 0 saturated heterocycles. The first-order chi connectivity index (χ1) is 17.0. The van der Waals surface area contributed by atoms with Crippen molar-refractivity contribution in [3.8, 4) is 0 Å². The number of anilines is 1. The molecule has 3 N–H and O–H groups in total. The van der Waals surface area contributed by atoms with Crippen LogP contribution < -0.4 is 10.6 Å². The van der Waals surface area contributed by atoms with Crippen LogP contribution in [0.4, 0.5) is 10.7 Å². The molecule has 0 aliphatic carbocycles. The molecule has 8 nitrogen and oxygen atoms in total. The monoisotopic (exact) mass is 471 g/mol. The molecule has 0 saturated carbocycles. The van der Waals surface area contributed by atoms with Gasteiger partial charge in [0.1, 0.15) is 0 Å². The molecule has 1 unspecified atom stereocenters. The van der Waals surface area contributed by atoms with Crippen LogP contribution >= 0.6 is 0 Å². The number of fused-ring (bicyclic) bond motifs is 1. The van der Waals surface area contributed by atoms with Crippen molar-refractivity contribution in [3.05, 3.63) is 83.7 Å². The average Bonchev–Trinajstić information content (AvgIpc) is 3.37. The highest BCUT2D eigenvalue weighted by atomic mass is 16.2. The van der Waals surface area contributed by atoms with Gasteiger partial charge >= 0.3 is 6.03 Å². The van der Waals surface area contributed by atoms with Crippen LogP contribution in [0.25, 0.3) is 10.8 Å². The molecule has 8 heteroatoms. The molecule has 0 bridgehead atoms. The molecule has 0 aliphatic rings. The number of imidazole rings is 1. The van der Waals surface area contributed by atoms with Crippen molar-refractivity contribution in [1.82, 2.24) is 30.2 Å². The van der Waals surface area contributed by atoms with Crippen LogP contribution in [0, 0.1) is 13.8 Å². The predicted octanol–water partition coefficient (Wildman–Crippen LogP) is 4.61. The fraction of sp³-hybridized carbons (Fsp3) is 0.333. The Morgan fingerprint density at radius 1 is 1.09 bits per heavy atom. The minimum atomic E-state index is -0.192. The third-order valence-corrected chi connectivity index (χ3v) is 6.28. The van der Waals surface area contributed by atoms with Crippen LogP contribution in [0.1, 0.15) is 35.4 Å². The second-order valence-corrected chi connectivity index (χ2v) is 8.91. The first kappa shape index (κ1) is 24.3. The number of hydrogen-bond donors (Lipinski definition) is 3. The van der Waals surface area contributed by atoms with Crippen molar-refractivity contribution in [2.75, 3.05) is 18.9 Å². The number of carbonyl (C=O) groups is 1. The van der Waals surface area contributed by atoms with E-state index in [9.17, 15) is 4.79 Å². The fourth-order valence-electron chi connectivity index (χ4n) is 4.29. The van der Waals surface area contributed by atoms with Crippen LogP contribution in [-0.2, 0) is 13.0 Å². The summed E-state index contributed by atoms with van der Waals surface area (Å²) in [7, 11) is 1.83. The van der Waals surface area contributed by atoms with Gasteiger partial charge in [-0.25, -0.2) is 9.78 Å². The van der Waals surface area contributed by atoms with Gasteiger partial charge in [0.25, 0.3) is 0 Å². The molecule has 3 heterocycles. The van der Waals surface area contributed by atoms with E-state index in [0.717, 1.165) is 41.9 Å². The number of aromatic nitrogens is 4. The van der Waals surface area contributed by atoms with E-state index in [1.54, 1.807) is 17.3 Å². The highest BCUT2D eigenvalue weighted by Crippen LogP contribution is 2.18. The number of H-pyrrole nitrogens is 1. The second-order valence-electron chi connectivity index (χ2n) is 8.91. The Kier molecular flexibility index (Phi) is 8.05. The SMILES string of the molecule is Cc1cnc(CC(CCCNCc2nccc3ccccc23)N(C)C(=O)Nc2ncc[nH]2)c(C)c1. The highest BCUT2D eigenvalue weighted by Gasteiger charge is 2.22. The summed E-state index contributed by atoms with van der Waals surface area (Å²) in [5, 5.41) is 8.73. The number of aryl methyl sites for hydroxylation is 2. The summed E-state index contributed by atoms with van der Waals surface area (Å²) < 4.78 is 0. The second kappa shape index (κ2) is 11.6. The fourth-order valence-corrected chi connectivity index (χ4v) is 4.29. The van der Waals surface area contributed by atoms with Crippen LogP contribution in [-0.4, -0.2) is 50.5 Å². The molecule has 1 aromatic carbocycles. The lowest BCUT2D eigenvalue weighted by atomic mass is 10.0. The van der Waals surface area contributed by atoms with E-state index in [1.807, 2.05) is 44.6 Å². The zero-order valence-electron chi connectivity index (χ0n) is 20.6. The van der Waals surface area contributed by atoms with Gasteiger partial charge in [-0.15, -0.1) is 0 Å². The first-order valence-corrected chi connectivity index (χ1v) is 12.0. The maximum absolute atomic E-state index is 12.9. The number of rotatable bonds is 10. The van der Waals surface area contributed by atoms with Gasteiger partial charge in [-0.05, 0) is 55.8 Å². The molecule has 0 aliphatic heterocycles. The molecule has 4 aromatic rings. The maximum atomic E-state index is 12.9. The van der Waals surface area contributed by atoms with Crippen molar-refractivity contribution >= 4 is 22.8 Å². The third kappa shape index (κ3) is 6.42. The lowest BCUT2D eigenvalue weighted by Crippen LogP contribution is -2.42. The summed E-state index contributed by atoms with van der Waals surface area (Å²) in [5.74, 6) is 0.439. The Balaban J connectivity index is 1.37. The summed E-state index contributed by atoms with van der Waals surface area (Å²) in [4.78, 5) is 30.9. The number of benzene rings is 1. The van der Waals surface area contributed by atoms with Crippen LogP contribution in [0.5, 0.6) is 0 Å². The van der Waals surface area contributed by atoms with E-state index in [4.69, 9.17) is 0 Å². The standard InChI is InChI=1S/C27H33N7O/c1-19-15-20(2)24(32-17-19)16-22(34(3)27(35)33-26-30-13-14-31-26)8-6-11-28-18-25-23-9-5-4-7-21(23)10-12-29-25/h4-5,7,9-10,12-15,17,22,28H,6,8,11,16,18H2,1-3H3,(H2,30,31,33,35). The molecule has 0 radical (unpaired) electrons. The van der Waals surface area contributed by atoms with Gasteiger partial charge in [-0.2, -0.15) is 0 Å². The van der Waals surface area contributed by atoms with Gasteiger partial charge in [0, 0.05) is 61.9 Å². The van der Waals surface area contributed by atoms with Gasteiger partial charge < -0.3 is 15.2 Å². The summed E-state index contributed by atoms with van der Waals surface area (Å²) in [6.07, 6.45) is 9.50. The molecule has 4 rings (SSSR count). The molecular formula is C27H33N7O. The van der Waals surface area contributed by atoms with E-state index in [1.165, 1.54) is 10.8 Å². The quantitative estimate of drug-likeness (QED) is 0.293. The van der Waals surface area contributed by atoms with E-state index in [-0.39, 0.29) is 12.1 Å². The molecule has 182 valence electrons. The Hall–Kier alpha value is -3.78. The first-order valence-electron chi connectivity index (χ1n) is 12.0.